The Bertz CT molecular complexity index is 793. The van der Waals surface area contributed by atoms with Gasteiger partial charge < -0.3 is 14.8 Å². The molecule has 0 amide bonds. The first kappa shape index (κ1) is 12.1. The number of ether oxygens (including phenoxy) is 2. The highest BCUT2D eigenvalue weighted by atomic mass is 16.7. The van der Waals surface area contributed by atoms with Crippen LogP contribution in [0.4, 0.5) is 5.69 Å². The zero-order valence-corrected chi connectivity index (χ0v) is 11.5. The van der Waals surface area contributed by atoms with Crippen LogP contribution in [0.5, 0.6) is 11.5 Å². The molecule has 3 aromatic carbocycles. The zero-order valence-electron chi connectivity index (χ0n) is 11.5. The molecule has 0 fully saturated rings. The molecule has 0 unspecified atom stereocenters. The average Bonchev–Trinajstić information content (AvgIpc) is 3.00. The van der Waals surface area contributed by atoms with Gasteiger partial charge in [0.2, 0.25) is 6.79 Å². The summed E-state index contributed by atoms with van der Waals surface area (Å²) in [6.45, 7) is 1.09. The van der Waals surface area contributed by atoms with Crippen LogP contribution < -0.4 is 14.8 Å². The summed E-state index contributed by atoms with van der Waals surface area (Å²) in [7, 11) is 0. The SMILES string of the molecule is c1ccc2c(CNc3ccc4c(c3)OCO4)cccc2c1. The molecule has 4 rings (SSSR count). The Hall–Kier alpha value is -2.68. The van der Waals surface area contributed by atoms with E-state index in [9.17, 15) is 0 Å². The molecule has 104 valence electrons. The molecule has 0 saturated carbocycles. The third-order valence-electron chi connectivity index (χ3n) is 3.74. The van der Waals surface area contributed by atoms with E-state index in [0.29, 0.717) is 6.79 Å². The lowest BCUT2D eigenvalue weighted by molar-refractivity contribution is 0.174. The van der Waals surface area contributed by atoms with Crippen LogP contribution >= 0.6 is 0 Å². The summed E-state index contributed by atoms with van der Waals surface area (Å²) in [6.07, 6.45) is 0. The highest BCUT2D eigenvalue weighted by Crippen LogP contribution is 2.34. The van der Waals surface area contributed by atoms with Crippen molar-refractivity contribution in [1.29, 1.82) is 0 Å². The van der Waals surface area contributed by atoms with E-state index < -0.39 is 0 Å². The van der Waals surface area contributed by atoms with Crippen LogP contribution in [0.25, 0.3) is 10.8 Å². The molecular weight excluding hydrogens is 262 g/mol. The predicted octanol–water partition coefficient (Wildman–Crippen LogP) is 4.18. The number of fused-ring (bicyclic) bond motifs is 2. The molecule has 21 heavy (non-hydrogen) atoms. The van der Waals surface area contributed by atoms with Crippen LogP contribution in [-0.4, -0.2) is 6.79 Å². The van der Waals surface area contributed by atoms with Crippen LogP contribution in [0.3, 0.4) is 0 Å². The number of nitrogens with one attached hydrogen (secondary N) is 1. The maximum absolute atomic E-state index is 5.40. The second kappa shape index (κ2) is 5.02. The quantitative estimate of drug-likeness (QED) is 0.779. The van der Waals surface area contributed by atoms with Crippen molar-refractivity contribution >= 4 is 16.5 Å². The van der Waals surface area contributed by atoms with Gasteiger partial charge in [0.25, 0.3) is 0 Å². The normalized spacial score (nSPS) is 12.6. The van der Waals surface area contributed by atoms with Crippen molar-refractivity contribution in [3.8, 4) is 11.5 Å². The van der Waals surface area contributed by atoms with Gasteiger partial charge in [-0.05, 0) is 28.5 Å². The first-order valence-electron chi connectivity index (χ1n) is 7.00. The molecule has 0 aliphatic carbocycles. The van der Waals surface area contributed by atoms with Gasteiger partial charge in [0.05, 0.1) is 0 Å². The second-order valence-corrected chi connectivity index (χ2v) is 5.06. The van der Waals surface area contributed by atoms with Crippen LogP contribution in [-0.2, 0) is 6.54 Å². The van der Waals surface area contributed by atoms with E-state index in [1.807, 2.05) is 18.2 Å². The van der Waals surface area contributed by atoms with Gasteiger partial charge in [0.15, 0.2) is 11.5 Å². The van der Waals surface area contributed by atoms with E-state index >= 15 is 0 Å². The summed E-state index contributed by atoms with van der Waals surface area (Å²) < 4.78 is 10.7. The number of benzene rings is 3. The number of hydrogen-bond acceptors (Lipinski definition) is 3. The Morgan fingerprint density at radius 1 is 0.857 bits per heavy atom. The van der Waals surface area contributed by atoms with Crippen LogP contribution in [0.2, 0.25) is 0 Å². The highest BCUT2D eigenvalue weighted by molar-refractivity contribution is 5.85. The van der Waals surface area contributed by atoms with E-state index in [2.05, 4.69) is 47.8 Å². The largest absolute Gasteiger partial charge is 0.454 e. The van der Waals surface area contributed by atoms with Crippen molar-refractivity contribution in [1.82, 2.24) is 0 Å². The smallest absolute Gasteiger partial charge is 0.231 e. The number of anilines is 1. The Balaban J connectivity index is 1.58. The summed E-state index contributed by atoms with van der Waals surface area (Å²) in [5.74, 6) is 1.61. The first-order valence-corrected chi connectivity index (χ1v) is 7.00. The summed E-state index contributed by atoms with van der Waals surface area (Å²) in [5.41, 5.74) is 2.32. The third-order valence-corrected chi connectivity index (χ3v) is 3.74. The average molecular weight is 277 g/mol. The molecule has 1 aliphatic heterocycles. The van der Waals surface area contributed by atoms with Gasteiger partial charge in [-0.3, -0.25) is 0 Å². The van der Waals surface area contributed by atoms with Crippen molar-refractivity contribution in [2.75, 3.05) is 12.1 Å². The van der Waals surface area contributed by atoms with Gasteiger partial charge >= 0.3 is 0 Å². The summed E-state index contributed by atoms with van der Waals surface area (Å²) >= 11 is 0. The lowest BCUT2D eigenvalue weighted by atomic mass is 10.0. The minimum Gasteiger partial charge on any atom is -0.454 e. The number of rotatable bonds is 3. The molecule has 0 aromatic heterocycles. The molecule has 3 nitrogen and oxygen atoms in total. The first-order chi connectivity index (χ1) is 10.4. The molecule has 0 atom stereocenters. The highest BCUT2D eigenvalue weighted by Gasteiger charge is 2.13. The van der Waals surface area contributed by atoms with Gasteiger partial charge in [0.1, 0.15) is 0 Å². The molecule has 0 bridgehead atoms. The van der Waals surface area contributed by atoms with Crippen molar-refractivity contribution < 1.29 is 9.47 Å². The molecule has 0 saturated heterocycles. The molecule has 0 radical (unpaired) electrons. The van der Waals surface area contributed by atoms with E-state index in [1.165, 1.54) is 16.3 Å². The van der Waals surface area contributed by atoms with Crippen molar-refractivity contribution in [2.24, 2.45) is 0 Å². The van der Waals surface area contributed by atoms with E-state index in [0.717, 1.165) is 23.7 Å². The van der Waals surface area contributed by atoms with Crippen LogP contribution in [0.15, 0.2) is 60.7 Å². The summed E-state index contributed by atoms with van der Waals surface area (Å²) in [4.78, 5) is 0. The fourth-order valence-electron chi connectivity index (χ4n) is 2.65. The van der Waals surface area contributed by atoms with E-state index in [1.54, 1.807) is 0 Å². The van der Waals surface area contributed by atoms with E-state index in [-0.39, 0.29) is 0 Å². The monoisotopic (exact) mass is 277 g/mol. The van der Waals surface area contributed by atoms with Crippen LogP contribution in [0, 0.1) is 0 Å². The molecule has 3 aromatic rings. The molecule has 0 spiro atoms. The van der Waals surface area contributed by atoms with Gasteiger partial charge in [-0.25, -0.2) is 0 Å². The van der Waals surface area contributed by atoms with Crippen LogP contribution in [0.1, 0.15) is 5.56 Å². The molecular formula is C18H15NO2. The van der Waals surface area contributed by atoms with Gasteiger partial charge in [-0.2, -0.15) is 0 Å². The second-order valence-electron chi connectivity index (χ2n) is 5.06. The van der Waals surface area contributed by atoms with Crippen molar-refractivity contribution in [3.63, 3.8) is 0 Å². The summed E-state index contributed by atoms with van der Waals surface area (Å²) in [5, 5.41) is 6.00. The third kappa shape index (κ3) is 2.27. The Morgan fingerprint density at radius 2 is 1.71 bits per heavy atom. The Labute approximate surface area is 123 Å². The predicted molar refractivity (Wildman–Crippen MR) is 83.8 cm³/mol. The molecule has 1 heterocycles. The molecule has 1 aliphatic rings. The van der Waals surface area contributed by atoms with E-state index in [4.69, 9.17) is 9.47 Å². The molecule has 3 heteroatoms. The van der Waals surface area contributed by atoms with Gasteiger partial charge in [-0.1, -0.05) is 42.5 Å². The lowest BCUT2D eigenvalue weighted by Gasteiger charge is -2.10. The minimum atomic E-state index is 0.308. The molecule has 1 N–H and O–H groups in total. The Morgan fingerprint density at radius 3 is 2.71 bits per heavy atom. The fraction of sp³-hybridized carbons (Fsp3) is 0.111. The standard InChI is InChI=1S/C18H15NO2/c1-2-7-16-13(4-1)5-3-6-14(16)11-19-15-8-9-17-18(10-15)21-12-20-17/h1-10,19H,11-12H2. The maximum atomic E-state index is 5.40. The van der Waals surface area contributed by atoms with Gasteiger partial charge in [-0.15, -0.1) is 0 Å². The lowest BCUT2D eigenvalue weighted by Crippen LogP contribution is -2.00. The fourth-order valence-corrected chi connectivity index (χ4v) is 2.65. The van der Waals surface area contributed by atoms with Gasteiger partial charge in [0, 0.05) is 18.3 Å². The summed E-state index contributed by atoms with van der Waals surface area (Å²) in [6, 6.07) is 20.8. The zero-order chi connectivity index (χ0) is 14.1. The maximum Gasteiger partial charge on any atom is 0.231 e. The Kier molecular flexibility index (Phi) is 2.89. The van der Waals surface area contributed by atoms with Crippen molar-refractivity contribution in [2.45, 2.75) is 6.54 Å². The number of hydrogen-bond donors (Lipinski definition) is 1. The topological polar surface area (TPSA) is 30.5 Å². The minimum absolute atomic E-state index is 0.308. The van der Waals surface area contributed by atoms with Crippen molar-refractivity contribution in [3.05, 3.63) is 66.2 Å².